The van der Waals surface area contributed by atoms with Gasteiger partial charge in [-0.15, -0.1) is 0 Å². The van der Waals surface area contributed by atoms with E-state index < -0.39 is 0 Å². The van der Waals surface area contributed by atoms with Crippen LogP contribution in [0.5, 0.6) is 0 Å². The minimum absolute atomic E-state index is 0.163. The number of rotatable bonds is 6. The molecule has 0 aliphatic carbocycles. The van der Waals surface area contributed by atoms with E-state index in [2.05, 4.69) is 15.3 Å². The predicted molar refractivity (Wildman–Crippen MR) is 104 cm³/mol. The average molecular weight is 364 g/mol. The molecule has 1 N–H and O–H groups in total. The van der Waals surface area contributed by atoms with Crippen LogP contribution in [0, 0.1) is 12.7 Å². The lowest BCUT2D eigenvalue weighted by Crippen LogP contribution is -2.30. The average Bonchev–Trinajstić information content (AvgIpc) is 2.68. The standard InChI is InChI=1S/C21H21FN4O/c1-3-26(18-9-6-7-15(2)11-18)20(27)17-13-24-21(25-14-17)23-12-16-8-4-5-10-19(16)22/h4-11,13-14H,3,12H2,1-2H3,(H,23,24,25). The fourth-order valence-corrected chi connectivity index (χ4v) is 2.74. The molecule has 1 aromatic heterocycles. The molecular weight excluding hydrogens is 343 g/mol. The molecule has 0 atom stereocenters. The summed E-state index contributed by atoms with van der Waals surface area (Å²) in [6.07, 6.45) is 2.97. The largest absolute Gasteiger partial charge is 0.350 e. The Hall–Kier alpha value is -3.28. The molecule has 6 heteroatoms. The van der Waals surface area contributed by atoms with E-state index in [0.29, 0.717) is 23.6 Å². The Balaban J connectivity index is 1.70. The number of halogens is 1. The quantitative estimate of drug-likeness (QED) is 0.712. The van der Waals surface area contributed by atoms with Crippen LogP contribution in [0.4, 0.5) is 16.0 Å². The highest BCUT2D eigenvalue weighted by Crippen LogP contribution is 2.18. The lowest BCUT2D eigenvalue weighted by Gasteiger charge is -2.21. The van der Waals surface area contributed by atoms with E-state index in [1.54, 1.807) is 23.1 Å². The van der Waals surface area contributed by atoms with E-state index in [0.717, 1.165) is 11.3 Å². The first-order chi connectivity index (χ1) is 13.1. The number of aryl methyl sites for hydroxylation is 1. The molecule has 3 rings (SSSR count). The van der Waals surface area contributed by atoms with Crippen LogP contribution in [0.25, 0.3) is 0 Å². The minimum atomic E-state index is -0.284. The number of aromatic nitrogens is 2. The summed E-state index contributed by atoms with van der Waals surface area (Å²) in [6, 6.07) is 14.3. The molecule has 0 fully saturated rings. The number of amides is 1. The molecule has 0 saturated carbocycles. The second-order valence-corrected chi connectivity index (χ2v) is 6.13. The number of anilines is 2. The molecule has 27 heavy (non-hydrogen) atoms. The first-order valence-corrected chi connectivity index (χ1v) is 8.76. The van der Waals surface area contributed by atoms with Crippen molar-refractivity contribution in [3.8, 4) is 0 Å². The highest BCUT2D eigenvalue weighted by Gasteiger charge is 2.17. The molecule has 0 spiro atoms. The molecule has 138 valence electrons. The third-order valence-corrected chi connectivity index (χ3v) is 4.17. The van der Waals surface area contributed by atoms with Crippen molar-refractivity contribution in [3.05, 3.63) is 83.4 Å². The lowest BCUT2D eigenvalue weighted by molar-refractivity contribution is 0.0987. The van der Waals surface area contributed by atoms with Gasteiger partial charge in [-0.25, -0.2) is 14.4 Å². The van der Waals surface area contributed by atoms with Gasteiger partial charge in [0.15, 0.2) is 0 Å². The first-order valence-electron chi connectivity index (χ1n) is 8.76. The zero-order chi connectivity index (χ0) is 19.2. The first kappa shape index (κ1) is 18.5. The Labute approximate surface area is 157 Å². The van der Waals surface area contributed by atoms with Crippen LogP contribution >= 0.6 is 0 Å². The molecule has 2 aromatic carbocycles. The fraction of sp³-hybridized carbons (Fsp3) is 0.190. The zero-order valence-electron chi connectivity index (χ0n) is 15.3. The molecule has 0 radical (unpaired) electrons. The van der Waals surface area contributed by atoms with Crippen molar-refractivity contribution in [2.75, 3.05) is 16.8 Å². The predicted octanol–water partition coefficient (Wildman–Crippen LogP) is 4.20. The van der Waals surface area contributed by atoms with Crippen molar-refractivity contribution in [2.24, 2.45) is 0 Å². The minimum Gasteiger partial charge on any atom is -0.350 e. The van der Waals surface area contributed by atoms with Crippen molar-refractivity contribution >= 4 is 17.5 Å². The highest BCUT2D eigenvalue weighted by atomic mass is 19.1. The Kier molecular flexibility index (Phi) is 5.76. The molecule has 5 nitrogen and oxygen atoms in total. The summed E-state index contributed by atoms with van der Waals surface area (Å²) in [5, 5.41) is 2.96. The van der Waals surface area contributed by atoms with Gasteiger partial charge in [0.1, 0.15) is 5.82 Å². The Morgan fingerprint density at radius 2 is 1.85 bits per heavy atom. The van der Waals surface area contributed by atoms with Crippen LogP contribution in [-0.2, 0) is 6.54 Å². The molecule has 3 aromatic rings. The van der Waals surface area contributed by atoms with Crippen LogP contribution in [0.3, 0.4) is 0 Å². The molecule has 0 aliphatic heterocycles. The van der Waals surface area contributed by atoms with Crippen LogP contribution in [0.2, 0.25) is 0 Å². The summed E-state index contributed by atoms with van der Waals surface area (Å²) in [4.78, 5) is 22.8. The van der Waals surface area contributed by atoms with Crippen molar-refractivity contribution < 1.29 is 9.18 Å². The molecule has 1 heterocycles. The highest BCUT2D eigenvalue weighted by molar-refractivity contribution is 6.05. The smallest absolute Gasteiger partial charge is 0.261 e. The Morgan fingerprint density at radius 3 is 2.52 bits per heavy atom. The maximum Gasteiger partial charge on any atom is 0.261 e. The van der Waals surface area contributed by atoms with E-state index in [1.807, 2.05) is 38.1 Å². The maximum absolute atomic E-state index is 13.6. The number of nitrogens with zero attached hydrogens (tertiary/aromatic N) is 3. The van der Waals surface area contributed by atoms with Gasteiger partial charge in [0, 0.05) is 36.7 Å². The van der Waals surface area contributed by atoms with E-state index >= 15 is 0 Å². The molecule has 0 bridgehead atoms. The zero-order valence-corrected chi connectivity index (χ0v) is 15.3. The van der Waals surface area contributed by atoms with Gasteiger partial charge in [0.05, 0.1) is 5.56 Å². The molecular formula is C21H21FN4O. The van der Waals surface area contributed by atoms with Crippen molar-refractivity contribution in [1.29, 1.82) is 0 Å². The topological polar surface area (TPSA) is 58.1 Å². The van der Waals surface area contributed by atoms with Gasteiger partial charge < -0.3 is 10.2 Å². The third-order valence-electron chi connectivity index (χ3n) is 4.17. The van der Waals surface area contributed by atoms with E-state index in [1.165, 1.54) is 18.5 Å². The third kappa shape index (κ3) is 4.47. The van der Waals surface area contributed by atoms with Crippen molar-refractivity contribution in [3.63, 3.8) is 0 Å². The summed E-state index contributed by atoms with van der Waals surface area (Å²) in [5.74, 6) is -0.106. The Morgan fingerprint density at radius 1 is 1.11 bits per heavy atom. The number of hydrogen-bond donors (Lipinski definition) is 1. The van der Waals surface area contributed by atoms with Gasteiger partial charge in [-0.05, 0) is 37.6 Å². The fourth-order valence-electron chi connectivity index (χ4n) is 2.74. The summed E-state index contributed by atoms with van der Waals surface area (Å²) >= 11 is 0. The summed E-state index contributed by atoms with van der Waals surface area (Å²) in [6.45, 7) is 4.71. The SMILES string of the molecule is CCN(C(=O)c1cnc(NCc2ccccc2F)nc1)c1cccc(C)c1. The summed E-state index contributed by atoms with van der Waals surface area (Å²) in [5.41, 5.74) is 2.85. The lowest BCUT2D eigenvalue weighted by atomic mass is 10.2. The van der Waals surface area contributed by atoms with Gasteiger partial charge in [-0.2, -0.15) is 0 Å². The maximum atomic E-state index is 13.6. The van der Waals surface area contributed by atoms with Gasteiger partial charge in [-0.3, -0.25) is 4.79 Å². The summed E-state index contributed by atoms with van der Waals surface area (Å²) in [7, 11) is 0. The van der Waals surface area contributed by atoms with Crippen LogP contribution < -0.4 is 10.2 Å². The van der Waals surface area contributed by atoms with Crippen LogP contribution in [0.1, 0.15) is 28.4 Å². The van der Waals surface area contributed by atoms with Crippen molar-refractivity contribution in [2.45, 2.75) is 20.4 Å². The van der Waals surface area contributed by atoms with Gasteiger partial charge in [-0.1, -0.05) is 30.3 Å². The van der Waals surface area contributed by atoms with E-state index in [9.17, 15) is 9.18 Å². The number of carbonyl (C=O) groups is 1. The number of nitrogens with one attached hydrogen (secondary N) is 1. The number of hydrogen-bond acceptors (Lipinski definition) is 4. The van der Waals surface area contributed by atoms with Crippen LogP contribution in [-0.4, -0.2) is 22.4 Å². The second-order valence-electron chi connectivity index (χ2n) is 6.13. The second kappa shape index (κ2) is 8.40. The molecule has 0 unspecified atom stereocenters. The van der Waals surface area contributed by atoms with E-state index in [-0.39, 0.29) is 18.3 Å². The molecule has 1 amide bonds. The normalized spacial score (nSPS) is 10.5. The molecule has 0 saturated heterocycles. The van der Waals surface area contributed by atoms with E-state index in [4.69, 9.17) is 0 Å². The van der Waals surface area contributed by atoms with Gasteiger partial charge in [0.2, 0.25) is 5.95 Å². The molecule has 0 aliphatic rings. The van der Waals surface area contributed by atoms with Crippen LogP contribution in [0.15, 0.2) is 60.9 Å². The number of benzene rings is 2. The van der Waals surface area contributed by atoms with Crippen molar-refractivity contribution in [1.82, 2.24) is 9.97 Å². The monoisotopic (exact) mass is 364 g/mol. The summed E-state index contributed by atoms with van der Waals surface area (Å²) < 4.78 is 13.6. The number of carbonyl (C=O) groups excluding carboxylic acids is 1. The van der Waals surface area contributed by atoms with Gasteiger partial charge >= 0.3 is 0 Å². The Bertz CT molecular complexity index is 927. The van der Waals surface area contributed by atoms with Gasteiger partial charge in [0.25, 0.3) is 5.91 Å².